The van der Waals surface area contributed by atoms with Crippen molar-refractivity contribution in [3.8, 4) is 11.5 Å². The molecule has 116 valence electrons. The number of hydrogen-bond donors (Lipinski definition) is 4. The van der Waals surface area contributed by atoms with Crippen molar-refractivity contribution in [2.45, 2.75) is 38.8 Å². The molecule has 0 spiro atoms. The number of benzene rings is 1. The summed E-state index contributed by atoms with van der Waals surface area (Å²) in [4.78, 5) is 23.1. The van der Waals surface area contributed by atoms with Crippen LogP contribution in [0.2, 0.25) is 0 Å². The molecule has 1 aromatic carbocycles. The van der Waals surface area contributed by atoms with E-state index in [4.69, 9.17) is 10.5 Å². The number of carbonyl (C=O) groups excluding carboxylic acids is 2. The molecule has 7 nitrogen and oxygen atoms in total. The predicted octanol–water partition coefficient (Wildman–Crippen LogP) is 1.02. The molecule has 0 aromatic heterocycles. The SMILES string of the molecule is CC(C)(C)OC(=O)N[C@@H](Cc1ccc(O)c(O)c1)C(N)=O. The van der Waals surface area contributed by atoms with Crippen LogP contribution in [0.25, 0.3) is 0 Å². The third-order valence-corrected chi connectivity index (χ3v) is 2.51. The van der Waals surface area contributed by atoms with Gasteiger partial charge >= 0.3 is 6.09 Å². The van der Waals surface area contributed by atoms with E-state index in [9.17, 15) is 19.8 Å². The molecule has 1 atom stereocenters. The van der Waals surface area contributed by atoms with Gasteiger partial charge in [-0.25, -0.2) is 4.79 Å². The Kier molecular flexibility index (Phi) is 5.02. The highest BCUT2D eigenvalue weighted by molar-refractivity contribution is 5.84. The first-order valence-electron chi connectivity index (χ1n) is 6.38. The van der Waals surface area contributed by atoms with Gasteiger partial charge in [0.1, 0.15) is 11.6 Å². The van der Waals surface area contributed by atoms with Gasteiger partial charge in [0.25, 0.3) is 0 Å². The minimum Gasteiger partial charge on any atom is -0.504 e. The second-order valence-electron chi connectivity index (χ2n) is 5.63. The average molecular weight is 296 g/mol. The van der Waals surface area contributed by atoms with Crippen molar-refractivity contribution in [3.63, 3.8) is 0 Å². The summed E-state index contributed by atoms with van der Waals surface area (Å²) in [7, 11) is 0. The molecule has 0 saturated heterocycles. The number of amides is 2. The number of alkyl carbamates (subject to hydrolysis) is 1. The largest absolute Gasteiger partial charge is 0.504 e. The number of hydrogen-bond acceptors (Lipinski definition) is 5. The van der Waals surface area contributed by atoms with E-state index in [1.165, 1.54) is 18.2 Å². The minimum absolute atomic E-state index is 0.0718. The Hall–Kier alpha value is -2.44. The Bertz CT molecular complexity index is 537. The summed E-state index contributed by atoms with van der Waals surface area (Å²) in [6, 6.07) is 3.11. The van der Waals surface area contributed by atoms with Gasteiger partial charge in [-0.1, -0.05) is 6.07 Å². The van der Waals surface area contributed by atoms with E-state index in [-0.39, 0.29) is 17.9 Å². The third kappa shape index (κ3) is 5.60. The monoisotopic (exact) mass is 296 g/mol. The van der Waals surface area contributed by atoms with Crippen molar-refractivity contribution in [1.29, 1.82) is 0 Å². The Morgan fingerprint density at radius 3 is 2.38 bits per heavy atom. The van der Waals surface area contributed by atoms with Gasteiger partial charge in [-0.15, -0.1) is 0 Å². The van der Waals surface area contributed by atoms with Gasteiger partial charge in [-0.2, -0.15) is 0 Å². The lowest BCUT2D eigenvalue weighted by Crippen LogP contribution is -2.47. The van der Waals surface area contributed by atoms with Gasteiger partial charge < -0.3 is 26.0 Å². The van der Waals surface area contributed by atoms with Crippen LogP contribution >= 0.6 is 0 Å². The Morgan fingerprint density at radius 2 is 1.90 bits per heavy atom. The molecule has 2 amide bonds. The first-order chi connectivity index (χ1) is 9.58. The number of nitrogens with two attached hydrogens (primary N) is 1. The van der Waals surface area contributed by atoms with Gasteiger partial charge in [0.05, 0.1) is 0 Å². The zero-order chi connectivity index (χ0) is 16.2. The maximum absolute atomic E-state index is 11.7. The quantitative estimate of drug-likeness (QED) is 0.618. The number of primary amides is 1. The Labute approximate surface area is 122 Å². The van der Waals surface area contributed by atoms with Crippen LogP contribution in [0.5, 0.6) is 11.5 Å². The lowest BCUT2D eigenvalue weighted by atomic mass is 10.0. The molecule has 0 saturated carbocycles. The maximum atomic E-state index is 11.7. The standard InChI is InChI=1S/C14H20N2O5/c1-14(2,3)21-13(20)16-9(12(15)19)6-8-4-5-10(17)11(18)7-8/h4-5,7,9,17-18H,6H2,1-3H3,(H2,15,19)(H,16,20)/t9-/m0/s1. The molecule has 1 rings (SSSR count). The van der Waals surface area contributed by atoms with Crippen molar-refractivity contribution in [3.05, 3.63) is 23.8 Å². The van der Waals surface area contributed by atoms with Crippen molar-refractivity contribution in [1.82, 2.24) is 5.32 Å². The van der Waals surface area contributed by atoms with Gasteiger partial charge in [-0.05, 0) is 38.5 Å². The number of nitrogens with one attached hydrogen (secondary N) is 1. The van der Waals surface area contributed by atoms with Crippen molar-refractivity contribution >= 4 is 12.0 Å². The number of phenolic OH excluding ortho intramolecular Hbond substituents is 2. The summed E-state index contributed by atoms with van der Waals surface area (Å²) in [5.41, 5.74) is 5.08. The number of ether oxygens (including phenoxy) is 1. The fourth-order valence-corrected chi connectivity index (χ4v) is 1.60. The van der Waals surface area contributed by atoms with Crippen LogP contribution in [-0.2, 0) is 16.0 Å². The van der Waals surface area contributed by atoms with Crippen molar-refractivity contribution in [2.24, 2.45) is 5.73 Å². The number of rotatable bonds is 4. The minimum atomic E-state index is -0.983. The predicted molar refractivity (Wildman–Crippen MR) is 75.8 cm³/mol. The lowest BCUT2D eigenvalue weighted by Gasteiger charge is -2.22. The number of aromatic hydroxyl groups is 2. The summed E-state index contributed by atoms with van der Waals surface area (Å²) in [6.07, 6.45) is -0.683. The van der Waals surface area contributed by atoms with E-state index in [1.54, 1.807) is 20.8 Å². The molecule has 0 aliphatic carbocycles. The number of carbonyl (C=O) groups is 2. The molecule has 0 aliphatic rings. The van der Waals surface area contributed by atoms with Crippen molar-refractivity contribution in [2.75, 3.05) is 0 Å². The molecule has 0 aliphatic heterocycles. The van der Waals surface area contributed by atoms with Gasteiger partial charge in [0.15, 0.2) is 11.5 Å². The maximum Gasteiger partial charge on any atom is 0.408 e. The van der Waals surface area contributed by atoms with E-state index in [1.807, 2.05) is 0 Å². The third-order valence-electron chi connectivity index (χ3n) is 2.51. The molecule has 0 unspecified atom stereocenters. The van der Waals surface area contributed by atoms with Crippen LogP contribution in [0.4, 0.5) is 4.79 Å². The zero-order valence-electron chi connectivity index (χ0n) is 12.2. The zero-order valence-corrected chi connectivity index (χ0v) is 12.2. The molecule has 1 aromatic rings. The second-order valence-corrected chi connectivity index (χ2v) is 5.63. The molecular weight excluding hydrogens is 276 g/mol. The molecule has 7 heteroatoms. The smallest absolute Gasteiger partial charge is 0.408 e. The van der Waals surface area contributed by atoms with E-state index in [2.05, 4.69) is 5.32 Å². The van der Waals surface area contributed by atoms with Crippen LogP contribution in [-0.4, -0.2) is 33.9 Å². The average Bonchev–Trinajstić information content (AvgIpc) is 2.30. The molecule has 0 fully saturated rings. The highest BCUT2D eigenvalue weighted by Gasteiger charge is 2.23. The van der Waals surface area contributed by atoms with E-state index >= 15 is 0 Å². The molecule has 5 N–H and O–H groups in total. The lowest BCUT2D eigenvalue weighted by molar-refractivity contribution is -0.120. The Morgan fingerprint density at radius 1 is 1.29 bits per heavy atom. The first-order valence-corrected chi connectivity index (χ1v) is 6.38. The molecule has 21 heavy (non-hydrogen) atoms. The fourth-order valence-electron chi connectivity index (χ4n) is 1.60. The second kappa shape index (κ2) is 6.34. The van der Waals surface area contributed by atoms with Crippen LogP contribution in [0.1, 0.15) is 26.3 Å². The molecule has 0 bridgehead atoms. The van der Waals surface area contributed by atoms with Crippen LogP contribution in [0.15, 0.2) is 18.2 Å². The summed E-state index contributed by atoms with van der Waals surface area (Å²) >= 11 is 0. The molecule has 0 radical (unpaired) electrons. The van der Waals surface area contributed by atoms with Crippen LogP contribution < -0.4 is 11.1 Å². The highest BCUT2D eigenvalue weighted by atomic mass is 16.6. The normalized spacial score (nSPS) is 12.5. The summed E-state index contributed by atoms with van der Waals surface area (Å²) < 4.78 is 5.05. The summed E-state index contributed by atoms with van der Waals surface area (Å²) in [6.45, 7) is 5.09. The number of phenols is 2. The summed E-state index contributed by atoms with van der Waals surface area (Å²) in [5.74, 6) is -1.31. The molecular formula is C14H20N2O5. The topological polar surface area (TPSA) is 122 Å². The van der Waals surface area contributed by atoms with E-state index < -0.39 is 23.6 Å². The van der Waals surface area contributed by atoms with Crippen LogP contribution in [0, 0.1) is 0 Å². The van der Waals surface area contributed by atoms with Gasteiger partial charge in [0, 0.05) is 6.42 Å². The van der Waals surface area contributed by atoms with E-state index in [0.717, 1.165) is 0 Å². The van der Waals surface area contributed by atoms with Crippen LogP contribution in [0.3, 0.4) is 0 Å². The van der Waals surface area contributed by atoms with E-state index in [0.29, 0.717) is 5.56 Å². The summed E-state index contributed by atoms with van der Waals surface area (Å²) in [5, 5.41) is 21.0. The fraction of sp³-hybridized carbons (Fsp3) is 0.429. The molecule has 0 heterocycles. The highest BCUT2D eigenvalue weighted by Crippen LogP contribution is 2.25. The van der Waals surface area contributed by atoms with Gasteiger partial charge in [0.2, 0.25) is 5.91 Å². The Balaban J connectivity index is 2.76. The van der Waals surface area contributed by atoms with Gasteiger partial charge in [-0.3, -0.25) is 4.79 Å². The first kappa shape index (κ1) is 16.6. The van der Waals surface area contributed by atoms with Crippen molar-refractivity contribution < 1.29 is 24.5 Å².